The second kappa shape index (κ2) is 6.35. The highest BCUT2D eigenvalue weighted by Gasteiger charge is 2.17. The fraction of sp³-hybridized carbons (Fsp3) is 0.889. The van der Waals surface area contributed by atoms with Crippen molar-refractivity contribution in [2.75, 3.05) is 7.11 Å². The summed E-state index contributed by atoms with van der Waals surface area (Å²) in [5.74, 6) is 1.17. The number of aliphatic hydroxyl groups excluding tert-OH is 1. The van der Waals surface area contributed by atoms with E-state index in [9.17, 15) is 4.79 Å². The molecule has 2 atom stereocenters. The van der Waals surface area contributed by atoms with Gasteiger partial charge in [-0.05, 0) is 18.8 Å². The lowest BCUT2D eigenvalue weighted by Gasteiger charge is -2.21. The van der Waals surface area contributed by atoms with Crippen LogP contribution in [0.5, 0.6) is 0 Å². The van der Waals surface area contributed by atoms with Gasteiger partial charge < -0.3 is 9.90 Å². The fourth-order valence-corrected chi connectivity index (χ4v) is 1.60. The molecule has 0 heterocycles. The zero-order chi connectivity index (χ0) is 8.69. The third-order valence-electron chi connectivity index (χ3n) is 2.17. The number of aldehydes is 1. The summed E-state index contributed by atoms with van der Waals surface area (Å²) in [7, 11) is 1.00. The van der Waals surface area contributed by atoms with Gasteiger partial charge in [-0.1, -0.05) is 19.8 Å². The van der Waals surface area contributed by atoms with Crippen molar-refractivity contribution in [2.45, 2.75) is 32.6 Å². The van der Waals surface area contributed by atoms with Gasteiger partial charge in [0.1, 0.15) is 6.29 Å². The highest BCUT2D eigenvalue weighted by molar-refractivity contribution is 5.53. The van der Waals surface area contributed by atoms with Crippen LogP contribution in [-0.2, 0) is 4.79 Å². The van der Waals surface area contributed by atoms with Crippen molar-refractivity contribution in [1.29, 1.82) is 0 Å². The Morgan fingerprint density at radius 3 is 2.36 bits per heavy atom. The molecule has 1 saturated carbocycles. The van der Waals surface area contributed by atoms with E-state index < -0.39 is 0 Å². The Bertz CT molecular complexity index is 102. The van der Waals surface area contributed by atoms with Gasteiger partial charge in [-0.25, -0.2) is 0 Å². The van der Waals surface area contributed by atoms with E-state index in [-0.39, 0.29) is 0 Å². The van der Waals surface area contributed by atoms with Crippen LogP contribution in [0.4, 0.5) is 0 Å². The summed E-state index contributed by atoms with van der Waals surface area (Å²) >= 11 is 0. The van der Waals surface area contributed by atoms with Crippen molar-refractivity contribution in [3.63, 3.8) is 0 Å². The average Bonchev–Trinajstić information content (AvgIpc) is 2.08. The Kier molecular flexibility index (Phi) is 6.13. The second-order valence-electron chi connectivity index (χ2n) is 3.17. The van der Waals surface area contributed by atoms with E-state index >= 15 is 0 Å². The number of carbonyl (C=O) groups is 1. The van der Waals surface area contributed by atoms with Gasteiger partial charge in [-0.3, -0.25) is 0 Å². The van der Waals surface area contributed by atoms with Crippen molar-refractivity contribution < 1.29 is 9.90 Å². The Morgan fingerprint density at radius 2 is 2.00 bits per heavy atom. The largest absolute Gasteiger partial charge is 0.400 e. The molecule has 2 unspecified atom stereocenters. The molecule has 0 bridgehead atoms. The summed E-state index contributed by atoms with van der Waals surface area (Å²) in [6, 6.07) is 0. The minimum Gasteiger partial charge on any atom is -0.400 e. The maximum atomic E-state index is 10.3. The Balaban J connectivity index is 0.000000461. The number of aliphatic hydroxyl groups is 1. The summed E-state index contributed by atoms with van der Waals surface area (Å²) in [4.78, 5) is 10.3. The first-order valence-corrected chi connectivity index (χ1v) is 4.23. The van der Waals surface area contributed by atoms with Gasteiger partial charge in [0.25, 0.3) is 0 Å². The molecule has 1 aliphatic rings. The van der Waals surface area contributed by atoms with E-state index in [1.54, 1.807) is 0 Å². The molecule has 0 aromatic rings. The first kappa shape index (κ1) is 10.6. The van der Waals surface area contributed by atoms with E-state index in [0.29, 0.717) is 5.92 Å². The summed E-state index contributed by atoms with van der Waals surface area (Å²) < 4.78 is 0. The predicted octanol–water partition coefficient (Wildman–Crippen LogP) is 1.62. The van der Waals surface area contributed by atoms with Crippen LogP contribution in [-0.4, -0.2) is 18.5 Å². The highest BCUT2D eigenvalue weighted by atomic mass is 16.2. The second-order valence-corrected chi connectivity index (χ2v) is 3.17. The minimum absolute atomic E-state index is 0.383. The zero-order valence-electron chi connectivity index (χ0n) is 7.42. The third-order valence-corrected chi connectivity index (χ3v) is 2.17. The average molecular weight is 158 g/mol. The molecule has 0 aromatic heterocycles. The van der Waals surface area contributed by atoms with Gasteiger partial charge in [0.2, 0.25) is 0 Å². The van der Waals surface area contributed by atoms with E-state index in [2.05, 4.69) is 6.92 Å². The van der Waals surface area contributed by atoms with Gasteiger partial charge >= 0.3 is 0 Å². The smallest absolute Gasteiger partial charge is 0.123 e. The number of rotatable bonds is 1. The van der Waals surface area contributed by atoms with Crippen LogP contribution in [0.25, 0.3) is 0 Å². The first-order valence-electron chi connectivity index (χ1n) is 4.23. The van der Waals surface area contributed by atoms with Crippen molar-refractivity contribution in [3.05, 3.63) is 0 Å². The molecule has 2 nitrogen and oxygen atoms in total. The third kappa shape index (κ3) is 4.14. The molecule has 2 heteroatoms. The van der Waals surface area contributed by atoms with E-state index in [0.717, 1.165) is 32.2 Å². The van der Waals surface area contributed by atoms with Crippen LogP contribution < -0.4 is 0 Å². The lowest BCUT2D eigenvalue weighted by molar-refractivity contribution is -0.112. The molecule has 0 aromatic carbocycles. The molecule has 1 aliphatic carbocycles. The lowest BCUT2D eigenvalue weighted by Crippen LogP contribution is -2.13. The van der Waals surface area contributed by atoms with E-state index in [1.165, 1.54) is 12.8 Å². The standard InChI is InChI=1S/C8H14O.CH4O/c1-7-3-2-4-8(5-7)6-9;1-2/h6-8H,2-5H2,1H3;2H,1H3. The molecular formula is C9H18O2. The quantitative estimate of drug-likeness (QED) is 0.589. The van der Waals surface area contributed by atoms with Crippen LogP contribution in [0.2, 0.25) is 0 Å². The van der Waals surface area contributed by atoms with Gasteiger partial charge in [0, 0.05) is 13.0 Å². The Labute approximate surface area is 68.6 Å². The first-order chi connectivity index (χ1) is 5.33. The molecule has 0 saturated heterocycles. The maximum absolute atomic E-state index is 10.3. The van der Waals surface area contributed by atoms with Crippen molar-refractivity contribution in [3.8, 4) is 0 Å². The van der Waals surface area contributed by atoms with Crippen LogP contribution >= 0.6 is 0 Å². The SMILES string of the molecule is CC1CCCC(C=O)C1.CO. The molecule has 66 valence electrons. The summed E-state index contributed by atoms with van der Waals surface area (Å²) in [6.45, 7) is 2.23. The molecule has 1 rings (SSSR count). The molecule has 0 radical (unpaired) electrons. The van der Waals surface area contributed by atoms with Crippen molar-refractivity contribution >= 4 is 6.29 Å². The zero-order valence-corrected chi connectivity index (χ0v) is 7.42. The molecule has 11 heavy (non-hydrogen) atoms. The summed E-state index contributed by atoms with van der Waals surface area (Å²) in [6.07, 6.45) is 5.96. The van der Waals surface area contributed by atoms with Gasteiger partial charge in [0.05, 0.1) is 0 Å². The Morgan fingerprint density at radius 1 is 1.36 bits per heavy atom. The maximum Gasteiger partial charge on any atom is 0.123 e. The van der Waals surface area contributed by atoms with Gasteiger partial charge in [-0.15, -0.1) is 0 Å². The number of hydrogen-bond donors (Lipinski definition) is 1. The topological polar surface area (TPSA) is 37.3 Å². The normalized spacial score (nSPS) is 30.1. The summed E-state index contributed by atoms with van der Waals surface area (Å²) in [5, 5.41) is 7.00. The van der Waals surface area contributed by atoms with Crippen LogP contribution in [0.1, 0.15) is 32.6 Å². The molecule has 0 aliphatic heterocycles. The minimum atomic E-state index is 0.383. The summed E-state index contributed by atoms with van der Waals surface area (Å²) in [5.41, 5.74) is 0. The van der Waals surface area contributed by atoms with Crippen LogP contribution in [0.3, 0.4) is 0 Å². The highest BCUT2D eigenvalue weighted by Crippen LogP contribution is 2.26. The van der Waals surface area contributed by atoms with Crippen molar-refractivity contribution in [1.82, 2.24) is 0 Å². The van der Waals surface area contributed by atoms with E-state index in [1.807, 2.05) is 0 Å². The fourth-order valence-electron chi connectivity index (χ4n) is 1.60. The predicted molar refractivity (Wildman–Crippen MR) is 45.3 cm³/mol. The lowest BCUT2D eigenvalue weighted by atomic mass is 9.83. The molecule has 0 amide bonds. The monoisotopic (exact) mass is 158 g/mol. The molecule has 0 spiro atoms. The molecular weight excluding hydrogens is 140 g/mol. The number of hydrogen-bond acceptors (Lipinski definition) is 2. The van der Waals surface area contributed by atoms with Gasteiger partial charge in [-0.2, -0.15) is 0 Å². The van der Waals surface area contributed by atoms with E-state index in [4.69, 9.17) is 5.11 Å². The molecule has 1 N–H and O–H groups in total. The Hall–Kier alpha value is -0.370. The van der Waals surface area contributed by atoms with Crippen LogP contribution in [0.15, 0.2) is 0 Å². The van der Waals surface area contributed by atoms with Gasteiger partial charge in [0.15, 0.2) is 0 Å². The van der Waals surface area contributed by atoms with Crippen molar-refractivity contribution in [2.24, 2.45) is 11.8 Å². The van der Waals surface area contributed by atoms with Crippen LogP contribution in [0, 0.1) is 11.8 Å². The molecule has 1 fully saturated rings. The number of carbonyl (C=O) groups excluding carboxylic acids is 1.